The van der Waals surface area contributed by atoms with E-state index in [-0.39, 0.29) is 29.8 Å². The first-order valence-corrected chi connectivity index (χ1v) is 12.3. The number of nitrogens with one attached hydrogen (secondary N) is 1. The Hall–Kier alpha value is -2.65. The van der Waals surface area contributed by atoms with Crippen molar-refractivity contribution in [2.45, 2.75) is 58.1 Å². The van der Waals surface area contributed by atoms with E-state index in [9.17, 15) is 23.1 Å². The van der Waals surface area contributed by atoms with Gasteiger partial charge in [0.2, 0.25) is 5.91 Å². The maximum atomic E-state index is 12.6. The van der Waals surface area contributed by atoms with Crippen LogP contribution in [0.1, 0.15) is 43.9 Å². The minimum atomic E-state index is -3.36. The molecule has 1 amide bonds. The molecular weight excluding hydrogens is 434 g/mol. The summed E-state index contributed by atoms with van der Waals surface area (Å²) in [5.74, 6) is -1.07. The van der Waals surface area contributed by atoms with Crippen LogP contribution in [0.2, 0.25) is 0 Å². The Morgan fingerprint density at radius 2 is 1.91 bits per heavy atom. The molecular formula is C23H27NO7S. The fraction of sp³-hybridized carbons (Fsp3) is 0.478. The zero-order valence-electron chi connectivity index (χ0n) is 18.5. The van der Waals surface area contributed by atoms with Crippen molar-refractivity contribution in [1.29, 1.82) is 0 Å². The molecule has 0 aliphatic carbocycles. The number of carbonyl (C=O) groups is 1. The molecule has 0 bridgehead atoms. The predicted molar refractivity (Wildman–Crippen MR) is 121 cm³/mol. The van der Waals surface area contributed by atoms with Gasteiger partial charge in [0, 0.05) is 34.4 Å². The maximum Gasteiger partial charge on any atom is 0.339 e. The Kier molecular flexibility index (Phi) is 5.45. The average Bonchev–Trinajstić information content (AvgIpc) is 3.19. The standard InChI is InChI=1S/C23H27NO7S/c1-12-13(5-6-21(26)24-17-10-32(28,29)11-18(17)25)22(27)31-20-8-19-15(7-14(12)20)16(9-30-19)23(2,3)4/h7-9,17-18,25H,5-6,10-11H2,1-4H3,(H,24,26)/t17-,18+/m0/s1. The molecule has 2 N–H and O–H groups in total. The lowest BCUT2D eigenvalue weighted by molar-refractivity contribution is -0.122. The van der Waals surface area contributed by atoms with E-state index < -0.39 is 33.5 Å². The summed E-state index contributed by atoms with van der Waals surface area (Å²) >= 11 is 0. The monoisotopic (exact) mass is 461 g/mol. The first-order chi connectivity index (χ1) is 14.9. The Balaban J connectivity index is 1.60. The van der Waals surface area contributed by atoms with Gasteiger partial charge in [0.25, 0.3) is 0 Å². The van der Waals surface area contributed by atoms with E-state index in [2.05, 4.69) is 26.1 Å². The quantitative estimate of drug-likeness (QED) is 0.571. The van der Waals surface area contributed by atoms with E-state index in [0.29, 0.717) is 16.7 Å². The number of sulfone groups is 1. The molecule has 32 heavy (non-hydrogen) atoms. The Morgan fingerprint density at radius 3 is 2.53 bits per heavy atom. The van der Waals surface area contributed by atoms with Crippen LogP contribution < -0.4 is 10.9 Å². The summed E-state index contributed by atoms with van der Waals surface area (Å²) in [7, 11) is -3.36. The van der Waals surface area contributed by atoms with Gasteiger partial charge in [0.1, 0.15) is 11.2 Å². The highest BCUT2D eigenvalue weighted by Crippen LogP contribution is 2.35. The molecule has 4 rings (SSSR count). The fourth-order valence-corrected chi connectivity index (χ4v) is 6.01. The molecule has 0 spiro atoms. The predicted octanol–water partition coefficient (Wildman–Crippen LogP) is 2.35. The first kappa shape index (κ1) is 22.5. The Morgan fingerprint density at radius 1 is 1.19 bits per heavy atom. The highest BCUT2D eigenvalue weighted by molar-refractivity contribution is 7.91. The van der Waals surface area contributed by atoms with Crippen molar-refractivity contribution in [2.24, 2.45) is 0 Å². The van der Waals surface area contributed by atoms with Gasteiger partial charge in [-0.1, -0.05) is 20.8 Å². The van der Waals surface area contributed by atoms with E-state index in [1.54, 1.807) is 12.3 Å². The molecule has 1 aliphatic heterocycles. The van der Waals surface area contributed by atoms with E-state index in [1.165, 1.54) is 0 Å². The van der Waals surface area contributed by atoms with Gasteiger partial charge in [-0.2, -0.15) is 0 Å². The van der Waals surface area contributed by atoms with Crippen LogP contribution in [0, 0.1) is 6.92 Å². The lowest BCUT2D eigenvalue weighted by Gasteiger charge is -2.17. The van der Waals surface area contributed by atoms with E-state index in [1.807, 2.05) is 13.0 Å². The molecule has 8 nitrogen and oxygen atoms in total. The van der Waals surface area contributed by atoms with Crippen molar-refractivity contribution < 1.29 is 27.2 Å². The van der Waals surface area contributed by atoms with E-state index in [4.69, 9.17) is 8.83 Å². The molecule has 1 saturated heterocycles. The summed E-state index contributed by atoms with van der Waals surface area (Å²) in [6.07, 6.45) is 0.716. The summed E-state index contributed by atoms with van der Waals surface area (Å²) in [6.45, 7) is 8.10. The molecule has 2 atom stereocenters. The van der Waals surface area contributed by atoms with Crippen molar-refractivity contribution in [1.82, 2.24) is 5.32 Å². The zero-order valence-corrected chi connectivity index (χ0v) is 19.3. The largest absolute Gasteiger partial charge is 0.464 e. The van der Waals surface area contributed by atoms with Crippen molar-refractivity contribution in [2.75, 3.05) is 11.5 Å². The Labute approximate surface area is 185 Å². The number of fused-ring (bicyclic) bond motifs is 2. The average molecular weight is 462 g/mol. The number of hydrogen-bond acceptors (Lipinski definition) is 7. The molecule has 0 unspecified atom stereocenters. The van der Waals surface area contributed by atoms with Crippen LogP contribution in [-0.2, 0) is 26.5 Å². The first-order valence-electron chi connectivity index (χ1n) is 10.5. The van der Waals surface area contributed by atoms with Crippen molar-refractivity contribution in [3.63, 3.8) is 0 Å². The lowest BCUT2D eigenvalue weighted by atomic mass is 9.86. The molecule has 2 aromatic heterocycles. The van der Waals surface area contributed by atoms with Crippen molar-refractivity contribution in [3.05, 3.63) is 45.5 Å². The number of carbonyl (C=O) groups excluding carboxylic acids is 1. The van der Waals surface area contributed by atoms with Crippen LogP contribution in [0.3, 0.4) is 0 Å². The van der Waals surface area contributed by atoms with Gasteiger partial charge >= 0.3 is 5.63 Å². The van der Waals surface area contributed by atoms with Crippen LogP contribution in [0.5, 0.6) is 0 Å². The molecule has 1 aliphatic rings. The van der Waals surface area contributed by atoms with Gasteiger partial charge in [-0.3, -0.25) is 4.79 Å². The number of hydrogen-bond donors (Lipinski definition) is 2. The van der Waals surface area contributed by atoms with Crippen molar-refractivity contribution in [3.8, 4) is 0 Å². The van der Waals surface area contributed by atoms with Gasteiger partial charge in [0.15, 0.2) is 9.84 Å². The molecule has 0 radical (unpaired) electrons. The van der Waals surface area contributed by atoms with Gasteiger partial charge in [-0.05, 0) is 30.4 Å². The topological polar surface area (TPSA) is 127 Å². The van der Waals surface area contributed by atoms with E-state index >= 15 is 0 Å². The highest BCUT2D eigenvalue weighted by Gasteiger charge is 2.37. The van der Waals surface area contributed by atoms with Gasteiger partial charge in [-0.25, -0.2) is 13.2 Å². The molecule has 1 aromatic carbocycles. The summed E-state index contributed by atoms with van der Waals surface area (Å²) in [5, 5.41) is 14.1. The van der Waals surface area contributed by atoms with Crippen LogP contribution in [-0.4, -0.2) is 43.1 Å². The number of furan rings is 1. The van der Waals surface area contributed by atoms with Crippen LogP contribution in [0.15, 0.2) is 32.0 Å². The third-order valence-corrected chi connectivity index (χ3v) is 7.78. The van der Waals surface area contributed by atoms with Crippen molar-refractivity contribution >= 4 is 37.7 Å². The van der Waals surface area contributed by atoms with Crippen LogP contribution in [0.4, 0.5) is 0 Å². The highest BCUT2D eigenvalue weighted by atomic mass is 32.2. The summed E-state index contributed by atoms with van der Waals surface area (Å²) < 4.78 is 34.4. The van der Waals surface area contributed by atoms with E-state index in [0.717, 1.165) is 21.9 Å². The number of rotatable bonds is 4. The number of aryl methyl sites for hydroxylation is 1. The summed E-state index contributed by atoms with van der Waals surface area (Å²) in [5.41, 5.74) is 2.59. The fourth-order valence-electron chi connectivity index (χ4n) is 4.26. The second-order valence-corrected chi connectivity index (χ2v) is 11.7. The normalized spacial score (nSPS) is 20.8. The minimum Gasteiger partial charge on any atom is -0.464 e. The minimum absolute atomic E-state index is 0.0262. The second kappa shape index (κ2) is 7.74. The number of aliphatic hydroxyl groups is 1. The van der Waals surface area contributed by atoms with Gasteiger partial charge in [-0.15, -0.1) is 0 Å². The number of amides is 1. The molecule has 3 heterocycles. The van der Waals surface area contributed by atoms with Crippen LogP contribution in [0.25, 0.3) is 21.9 Å². The molecule has 9 heteroatoms. The summed E-state index contributed by atoms with van der Waals surface area (Å²) in [6, 6.07) is 2.84. The van der Waals surface area contributed by atoms with Gasteiger partial charge in [0.05, 0.1) is 29.9 Å². The van der Waals surface area contributed by atoms with Gasteiger partial charge < -0.3 is 19.3 Å². The molecule has 172 valence electrons. The molecule has 3 aromatic rings. The number of benzene rings is 1. The lowest BCUT2D eigenvalue weighted by Crippen LogP contribution is -2.42. The second-order valence-electron chi connectivity index (χ2n) is 9.56. The third kappa shape index (κ3) is 4.19. The Bertz CT molecular complexity index is 1380. The SMILES string of the molecule is Cc1c(CCC(=O)N[C@H]2CS(=O)(=O)C[C@H]2O)c(=O)oc2cc3occ(C(C)(C)C)c3cc12. The smallest absolute Gasteiger partial charge is 0.339 e. The molecule has 0 saturated carbocycles. The summed E-state index contributed by atoms with van der Waals surface area (Å²) in [4.78, 5) is 24.9. The van der Waals surface area contributed by atoms with Crippen LogP contribution >= 0.6 is 0 Å². The maximum absolute atomic E-state index is 12.6. The zero-order chi connectivity index (χ0) is 23.4. The number of aliphatic hydroxyl groups excluding tert-OH is 1. The molecule has 1 fully saturated rings. The third-order valence-electron chi connectivity index (χ3n) is 6.06.